The summed E-state index contributed by atoms with van der Waals surface area (Å²) in [6, 6.07) is 9.74. The quantitative estimate of drug-likeness (QED) is 0.522. The van der Waals surface area contributed by atoms with E-state index in [-0.39, 0.29) is 35.9 Å². The SMILES string of the molecule is CCC(C)NC(=O)C(C)N(Cc1ccccc1F)C(=O)CSCc1c(F)cccc1Cl. The van der Waals surface area contributed by atoms with Gasteiger partial charge in [-0.2, -0.15) is 0 Å². The number of hydrogen-bond acceptors (Lipinski definition) is 3. The van der Waals surface area contributed by atoms with Gasteiger partial charge in [0.25, 0.3) is 0 Å². The zero-order valence-electron chi connectivity index (χ0n) is 17.8. The summed E-state index contributed by atoms with van der Waals surface area (Å²) in [6.07, 6.45) is 0.749. The van der Waals surface area contributed by atoms with E-state index in [9.17, 15) is 18.4 Å². The van der Waals surface area contributed by atoms with Crippen LogP contribution >= 0.6 is 23.4 Å². The normalized spacial score (nSPS) is 12.8. The van der Waals surface area contributed by atoms with Gasteiger partial charge in [0.05, 0.1) is 5.75 Å². The third-order valence-corrected chi connectivity index (χ3v) is 6.30. The molecule has 0 fully saturated rings. The van der Waals surface area contributed by atoms with Crippen LogP contribution in [0.5, 0.6) is 0 Å². The molecular formula is C23H27ClF2N2O2S. The highest BCUT2D eigenvalue weighted by Crippen LogP contribution is 2.24. The number of nitrogens with zero attached hydrogens (tertiary/aromatic N) is 1. The molecule has 0 aliphatic rings. The molecule has 8 heteroatoms. The first-order valence-electron chi connectivity index (χ1n) is 10.1. The standard InChI is InChI=1S/C23H27ClF2N2O2S/c1-4-15(2)27-23(30)16(3)28(12-17-8-5-6-10-20(17)25)22(29)14-31-13-18-19(24)9-7-11-21(18)26/h5-11,15-16H,4,12-14H2,1-3H3,(H,27,30). The molecule has 1 N–H and O–H groups in total. The Balaban J connectivity index is 2.13. The molecule has 2 amide bonds. The number of nitrogens with one attached hydrogen (secondary N) is 1. The van der Waals surface area contributed by atoms with Crippen molar-refractivity contribution in [1.82, 2.24) is 10.2 Å². The molecule has 0 aliphatic carbocycles. The molecule has 2 aromatic rings. The van der Waals surface area contributed by atoms with E-state index in [2.05, 4.69) is 5.32 Å². The van der Waals surface area contributed by atoms with E-state index in [4.69, 9.17) is 11.6 Å². The van der Waals surface area contributed by atoms with E-state index in [0.29, 0.717) is 16.1 Å². The predicted molar refractivity (Wildman–Crippen MR) is 122 cm³/mol. The first-order valence-corrected chi connectivity index (χ1v) is 11.6. The lowest BCUT2D eigenvalue weighted by Gasteiger charge is -2.29. The van der Waals surface area contributed by atoms with Crippen molar-refractivity contribution in [1.29, 1.82) is 0 Å². The molecule has 0 aliphatic heterocycles. The van der Waals surface area contributed by atoms with Crippen molar-refractivity contribution >= 4 is 35.2 Å². The van der Waals surface area contributed by atoms with Gasteiger partial charge in [0.15, 0.2) is 0 Å². The first kappa shape index (κ1) is 25.1. The van der Waals surface area contributed by atoms with Gasteiger partial charge in [0.1, 0.15) is 17.7 Å². The van der Waals surface area contributed by atoms with Gasteiger partial charge in [-0.1, -0.05) is 42.8 Å². The minimum Gasteiger partial charge on any atom is -0.352 e. The fourth-order valence-electron chi connectivity index (χ4n) is 2.85. The van der Waals surface area contributed by atoms with Gasteiger partial charge in [-0.15, -0.1) is 11.8 Å². The van der Waals surface area contributed by atoms with Crippen LogP contribution in [0.1, 0.15) is 38.3 Å². The monoisotopic (exact) mass is 468 g/mol. The van der Waals surface area contributed by atoms with Gasteiger partial charge in [0.2, 0.25) is 11.8 Å². The fourth-order valence-corrected chi connectivity index (χ4v) is 4.10. The van der Waals surface area contributed by atoms with Crippen molar-refractivity contribution < 1.29 is 18.4 Å². The number of hydrogen-bond donors (Lipinski definition) is 1. The number of amides is 2. The molecule has 2 rings (SSSR count). The zero-order chi connectivity index (χ0) is 23.0. The molecule has 0 radical (unpaired) electrons. The minimum absolute atomic E-state index is 0.0000666. The highest BCUT2D eigenvalue weighted by molar-refractivity contribution is 7.99. The van der Waals surface area contributed by atoms with E-state index >= 15 is 0 Å². The van der Waals surface area contributed by atoms with Crippen LogP contribution in [-0.4, -0.2) is 34.6 Å². The fraction of sp³-hybridized carbons (Fsp3) is 0.391. The minimum atomic E-state index is -0.793. The maximum absolute atomic E-state index is 14.2. The Morgan fingerprint density at radius 1 is 1.10 bits per heavy atom. The van der Waals surface area contributed by atoms with Crippen LogP contribution in [0.25, 0.3) is 0 Å². The van der Waals surface area contributed by atoms with Crippen molar-refractivity contribution in [3.8, 4) is 0 Å². The summed E-state index contributed by atoms with van der Waals surface area (Å²) in [4.78, 5) is 27.0. The zero-order valence-corrected chi connectivity index (χ0v) is 19.4. The van der Waals surface area contributed by atoms with Gasteiger partial charge < -0.3 is 10.2 Å². The summed E-state index contributed by atoms with van der Waals surface area (Å²) < 4.78 is 28.2. The Kier molecular flexibility index (Phi) is 9.78. The van der Waals surface area contributed by atoms with Gasteiger partial charge in [-0.05, 0) is 38.5 Å². The van der Waals surface area contributed by atoms with Gasteiger partial charge in [-0.3, -0.25) is 9.59 Å². The lowest BCUT2D eigenvalue weighted by atomic mass is 10.1. The number of rotatable bonds is 10. The Morgan fingerprint density at radius 3 is 2.42 bits per heavy atom. The Bertz CT molecular complexity index is 893. The van der Waals surface area contributed by atoms with Crippen molar-refractivity contribution in [2.75, 3.05) is 5.75 Å². The number of carbonyl (C=O) groups is 2. The van der Waals surface area contributed by atoms with Crippen LogP contribution in [0, 0.1) is 11.6 Å². The molecule has 168 valence electrons. The second-order valence-corrected chi connectivity index (χ2v) is 8.69. The second kappa shape index (κ2) is 12.1. The number of benzene rings is 2. The highest BCUT2D eigenvalue weighted by Gasteiger charge is 2.27. The molecule has 31 heavy (non-hydrogen) atoms. The molecule has 2 aromatic carbocycles. The summed E-state index contributed by atoms with van der Waals surface area (Å²) in [7, 11) is 0. The van der Waals surface area contributed by atoms with Crippen molar-refractivity contribution in [3.63, 3.8) is 0 Å². The third-order valence-electron chi connectivity index (χ3n) is 5.00. The molecule has 0 bridgehead atoms. The molecule has 4 nitrogen and oxygen atoms in total. The maximum Gasteiger partial charge on any atom is 0.242 e. The maximum atomic E-state index is 14.2. The molecule has 0 spiro atoms. The molecule has 2 atom stereocenters. The smallest absolute Gasteiger partial charge is 0.242 e. The third kappa shape index (κ3) is 7.21. The lowest BCUT2D eigenvalue weighted by molar-refractivity contribution is -0.139. The number of halogens is 3. The van der Waals surface area contributed by atoms with Crippen LogP contribution in [0.15, 0.2) is 42.5 Å². The molecule has 2 unspecified atom stereocenters. The van der Waals surface area contributed by atoms with Crippen molar-refractivity contribution in [2.24, 2.45) is 0 Å². The molecular weight excluding hydrogens is 442 g/mol. The Hall–Kier alpha value is -2.12. The second-order valence-electron chi connectivity index (χ2n) is 7.30. The van der Waals surface area contributed by atoms with E-state index < -0.39 is 17.7 Å². The van der Waals surface area contributed by atoms with E-state index in [0.717, 1.165) is 6.42 Å². The largest absolute Gasteiger partial charge is 0.352 e. The van der Waals surface area contributed by atoms with E-state index in [1.54, 1.807) is 31.2 Å². The molecule has 0 saturated carbocycles. The van der Waals surface area contributed by atoms with Crippen LogP contribution < -0.4 is 5.32 Å². The summed E-state index contributed by atoms with van der Waals surface area (Å²) in [5.74, 6) is -1.32. The van der Waals surface area contributed by atoms with Gasteiger partial charge >= 0.3 is 0 Å². The van der Waals surface area contributed by atoms with E-state index in [1.807, 2.05) is 13.8 Å². The molecule has 0 heterocycles. The summed E-state index contributed by atoms with van der Waals surface area (Å²) in [6.45, 7) is 5.40. The average molecular weight is 469 g/mol. The summed E-state index contributed by atoms with van der Waals surface area (Å²) >= 11 is 7.24. The first-order chi connectivity index (χ1) is 14.7. The van der Waals surface area contributed by atoms with E-state index in [1.165, 1.54) is 34.9 Å². The highest BCUT2D eigenvalue weighted by atomic mass is 35.5. The molecule has 0 aromatic heterocycles. The average Bonchev–Trinajstić information content (AvgIpc) is 2.74. The number of thioether (sulfide) groups is 1. The predicted octanol–water partition coefficient (Wildman–Crippen LogP) is 5.18. The van der Waals surface area contributed by atoms with Crippen LogP contribution in [0.3, 0.4) is 0 Å². The van der Waals surface area contributed by atoms with Gasteiger partial charge in [-0.25, -0.2) is 8.78 Å². The number of carbonyl (C=O) groups excluding carboxylic acids is 2. The van der Waals surface area contributed by atoms with Crippen molar-refractivity contribution in [2.45, 2.75) is 51.6 Å². The summed E-state index contributed by atoms with van der Waals surface area (Å²) in [5.41, 5.74) is 0.645. The Morgan fingerprint density at radius 2 is 1.77 bits per heavy atom. The lowest BCUT2D eigenvalue weighted by Crippen LogP contribution is -2.50. The Labute approximate surface area is 191 Å². The van der Waals surface area contributed by atoms with Crippen LogP contribution in [-0.2, 0) is 21.9 Å². The van der Waals surface area contributed by atoms with Gasteiger partial charge in [0, 0.05) is 34.5 Å². The van der Waals surface area contributed by atoms with Crippen LogP contribution in [0.4, 0.5) is 8.78 Å². The van der Waals surface area contributed by atoms with Crippen molar-refractivity contribution in [3.05, 3.63) is 70.2 Å². The molecule has 0 saturated heterocycles. The van der Waals surface area contributed by atoms with Crippen LogP contribution in [0.2, 0.25) is 5.02 Å². The summed E-state index contributed by atoms with van der Waals surface area (Å²) in [5, 5.41) is 3.16. The topological polar surface area (TPSA) is 49.4 Å².